The molecule has 0 radical (unpaired) electrons. The second-order valence-electron chi connectivity index (χ2n) is 4.61. The van der Waals surface area contributed by atoms with E-state index in [-0.39, 0.29) is 0 Å². The minimum atomic E-state index is 0.601. The highest BCUT2D eigenvalue weighted by Gasteiger charge is 2.15. The molecule has 1 N–H and O–H groups in total. The van der Waals surface area contributed by atoms with E-state index in [0.29, 0.717) is 11.8 Å². The quantitative estimate of drug-likeness (QED) is 0.772. The maximum atomic E-state index is 3.54. The summed E-state index contributed by atoms with van der Waals surface area (Å²) in [6.07, 6.45) is 1.20. The van der Waals surface area contributed by atoms with Crippen LogP contribution in [0.15, 0.2) is 28.7 Å². The van der Waals surface area contributed by atoms with Crippen molar-refractivity contribution in [2.24, 2.45) is 5.92 Å². The van der Waals surface area contributed by atoms with Crippen molar-refractivity contribution in [3.63, 3.8) is 0 Å². The van der Waals surface area contributed by atoms with Gasteiger partial charge in [0.1, 0.15) is 0 Å². The Balaban J connectivity index is 2.69. The molecule has 1 atom stereocenters. The third kappa shape index (κ3) is 4.26. The molecular weight excluding hydrogens is 262 g/mol. The smallest absolute Gasteiger partial charge is 0.0178 e. The first kappa shape index (κ1) is 13.7. The van der Waals surface area contributed by atoms with Crippen LogP contribution in [0.1, 0.15) is 38.7 Å². The lowest BCUT2D eigenvalue weighted by Crippen LogP contribution is -2.25. The van der Waals surface area contributed by atoms with Crippen molar-refractivity contribution in [3.05, 3.63) is 34.3 Å². The lowest BCUT2D eigenvalue weighted by atomic mass is 9.88. The second-order valence-corrected chi connectivity index (χ2v) is 5.53. The highest BCUT2D eigenvalue weighted by molar-refractivity contribution is 9.10. The topological polar surface area (TPSA) is 12.0 Å². The van der Waals surface area contributed by atoms with Crippen molar-refractivity contribution in [2.45, 2.75) is 33.1 Å². The van der Waals surface area contributed by atoms with Gasteiger partial charge >= 0.3 is 0 Å². The van der Waals surface area contributed by atoms with Gasteiger partial charge < -0.3 is 5.32 Å². The van der Waals surface area contributed by atoms with Crippen molar-refractivity contribution in [1.29, 1.82) is 0 Å². The van der Waals surface area contributed by atoms with Crippen molar-refractivity contribution < 1.29 is 0 Å². The van der Waals surface area contributed by atoms with Crippen LogP contribution in [0.25, 0.3) is 0 Å². The molecule has 0 spiro atoms. The van der Waals surface area contributed by atoms with E-state index in [1.165, 1.54) is 16.5 Å². The van der Waals surface area contributed by atoms with Gasteiger partial charge in [0, 0.05) is 11.0 Å². The third-order valence-corrected chi connectivity index (χ3v) is 3.37. The van der Waals surface area contributed by atoms with Crippen LogP contribution in [0, 0.1) is 5.92 Å². The Morgan fingerprint density at radius 1 is 1.31 bits per heavy atom. The highest BCUT2D eigenvalue weighted by atomic mass is 79.9. The van der Waals surface area contributed by atoms with Gasteiger partial charge in [-0.25, -0.2) is 0 Å². The molecule has 90 valence electrons. The van der Waals surface area contributed by atoms with Crippen LogP contribution in [0.2, 0.25) is 0 Å². The normalized spacial score (nSPS) is 13.1. The fourth-order valence-electron chi connectivity index (χ4n) is 1.91. The Morgan fingerprint density at radius 3 is 2.62 bits per heavy atom. The van der Waals surface area contributed by atoms with E-state index in [1.54, 1.807) is 0 Å². The fraction of sp³-hybridized carbons (Fsp3) is 0.571. The third-order valence-electron chi connectivity index (χ3n) is 2.87. The van der Waals surface area contributed by atoms with Gasteiger partial charge in [0.05, 0.1) is 0 Å². The highest BCUT2D eigenvalue weighted by Crippen LogP contribution is 2.25. The number of rotatable bonds is 6. The van der Waals surface area contributed by atoms with Crippen LogP contribution in [-0.2, 0) is 0 Å². The van der Waals surface area contributed by atoms with Crippen LogP contribution < -0.4 is 5.32 Å². The summed E-state index contributed by atoms with van der Waals surface area (Å²) in [6.45, 7) is 8.97. The Hall–Kier alpha value is -0.340. The molecular formula is C14H22BrN. The lowest BCUT2D eigenvalue weighted by Gasteiger charge is -2.22. The monoisotopic (exact) mass is 283 g/mol. The minimum absolute atomic E-state index is 0.601. The van der Waals surface area contributed by atoms with Crippen molar-refractivity contribution in [3.8, 4) is 0 Å². The van der Waals surface area contributed by atoms with E-state index in [4.69, 9.17) is 0 Å². The molecule has 16 heavy (non-hydrogen) atoms. The van der Waals surface area contributed by atoms with E-state index in [0.717, 1.165) is 13.1 Å². The summed E-state index contributed by atoms with van der Waals surface area (Å²) in [5, 5.41) is 3.52. The second kappa shape index (κ2) is 7.08. The molecule has 1 aromatic rings. The Morgan fingerprint density at radius 2 is 2.06 bits per heavy atom. The molecule has 0 aliphatic rings. The predicted octanol–water partition coefficient (Wildman–Crippen LogP) is 4.19. The minimum Gasteiger partial charge on any atom is -0.316 e. The maximum Gasteiger partial charge on any atom is 0.0178 e. The van der Waals surface area contributed by atoms with Gasteiger partial charge in [-0.15, -0.1) is 0 Å². The molecule has 0 heterocycles. The Kier molecular flexibility index (Phi) is 6.07. The van der Waals surface area contributed by atoms with Gasteiger partial charge in [0.2, 0.25) is 0 Å². The molecule has 0 fully saturated rings. The first-order valence-corrected chi connectivity index (χ1v) is 6.90. The molecule has 1 aromatic carbocycles. The number of halogens is 1. The average molecular weight is 284 g/mol. The van der Waals surface area contributed by atoms with E-state index in [2.05, 4.69) is 66.3 Å². The Labute approximate surface area is 108 Å². The molecule has 0 bridgehead atoms. The van der Waals surface area contributed by atoms with Crippen molar-refractivity contribution >= 4 is 15.9 Å². The Bertz CT molecular complexity index is 309. The van der Waals surface area contributed by atoms with E-state index >= 15 is 0 Å². The number of nitrogens with one attached hydrogen (secondary N) is 1. The van der Waals surface area contributed by atoms with Gasteiger partial charge in [0.15, 0.2) is 0 Å². The summed E-state index contributed by atoms with van der Waals surface area (Å²) in [6, 6.07) is 8.66. The summed E-state index contributed by atoms with van der Waals surface area (Å²) < 4.78 is 1.17. The maximum absolute atomic E-state index is 3.54. The van der Waals surface area contributed by atoms with Crippen molar-refractivity contribution in [2.75, 3.05) is 13.1 Å². The SMILES string of the molecule is CCCNCC(c1cccc(Br)c1)C(C)C. The van der Waals surface area contributed by atoms with E-state index < -0.39 is 0 Å². The van der Waals surface area contributed by atoms with Gasteiger partial charge in [0.25, 0.3) is 0 Å². The molecule has 1 rings (SSSR count). The summed E-state index contributed by atoms with van der Waals surface area (Å²) in [4.78, 5) is 0. The first-order valence-electron chi connectivity index (χ1n) is 6.11. The molecule has 0 aromatic heterocycles. The van der Waals surface area contributed by atoms with E-state index in [9.17, 15) is 0 Å². The molecule has 2 heteroatoms. The lowest BCUT2D eigenvalue weighted by molar-refractivity contribution is 0.462. The van der Waals surface area contributed by atoms with Crippen molar-refractivity contribution in [1.82, 2.24) is 5.32 Å². The zero-order valence-electron chi connectivity index (χ0n) is 10.5. The molecule has 0 amide bonds. The fourth-order valence-corrected chi connectivity index (χ4v) is 2.33. The molecule has 0 aliphatic heterocycles. The number of hydrogen-bond donors (Lipinski definition) is 1. The summed E-state index contributed by atoms with van der Waals surface area (Å²) in [5.41, 5.74) is 1.42. The van der Waals surface area contributed by atoms with Gasteiger partial charge in [-0.2, -0.15) is 0 Å². The molecule has 1 nitrogen and oxygen atoms in total. The summed E-state index contributed by atoms with van der Waals surface area (Å²) in [5.74, 6) is 1.27. The van der Waals surface area contributed by atoms with Crippen LogP contribution in [0.4, 0.5) is 0 Å². The van der Waals surface area contributed by atoms with Crippen LogP contribution in [-0.4, -0.2) is 13.1 Å². The van der Waals surface area contributed by atoms with Gasteiger partial charge in [-0.3, -0.25) is 0 Å². The standard InChI is InChI=1S/C14H22BrN/c1-4-8-16-10-14(11(2)3)12-6-5-7-13(15)9-12/h5-7,9,11,14,16H,4,8,10H2,1-3H3. The van der Waals surface area contributed by atoms with Gasteiger partial charge in [-0.05, 0) is 42.5 Å². The molecule has 1 unspecified atom stereocenters. The zero-order valence-corrected chi connectivity index (χ0v) is 12.0. The number of benzene rings is 1. The number of hydrogen-bond acceptors (Lipinski definition) is 1. The van der Waals surface area contributed by atoms with Gasteiger partial charge in [-0.1, -0.05) is 48.8 Å². The van der Waals surface area contributed by atoms with Crippen LogP contribution in [0.3, 0.4) is 0 Å². The largest absolute Gasteiger partial charge is 0.316 e. The molecule has 0 aliphatic carbocycles. The zero-order chi connectivity index (χ0) is 12.0. The predicted molar refractivity (Wildman–Crippen MR) is 74.9 cm³/mol. The molecule has 0 saturated carbocycles. The molecule has 0 saturated heterocycles. The average Bonchev–Trinajstić information content (AvgIpc) is 2.24. The first-order chi connectivity index (χ1) is 7.65. The summed E-state index contributed by atoms with van der Waals surface area (Å²) in [7, 11) is 0. The van der Waals surface area contributed by atoms with E-state index in [1.807, 2.05) is 0 Å². The summed E-state index contributed by atoms with van der Waals surface area (Å²) >= 11 is 3.54. The van der Waals surface area contributed by atoms with Crippen LogP contribution in [0.5, 0.6) is 0 Å². The van der Waals surface area contributed by atoms with Crippen LogP contribution >= 0.6 is 15.9 Å².